The first-order chi connectivity index (χ1) is 14.7. The summed E-state index contributed by atoms with van der Waals surface area (Å²) < 4.78 is 7.71. The van der Waals surface area contributed by atoms with Crippen molar-refractivity contribution in [3.05, 3.63) is 29.2 Å². The van der Waals surface area contributed by atoms with E-state index in [4.69, 9.17) is 9.72 Å². The fourth-order valence-corrected chi connectivity index (χ4v) is 5.48. The maximum Gasteiger partial charge on any atom is 0.181 e. The number of aromatic amines is 1. The lowest BCUT2D eigenvalue weighted by molar-refractivity contribution is 0.129. The maximum absolute atomic E-state index is 5.76. The summed E-state index contributed by atoms with van der Waals surface area (Å²) in [6, 6.07) is 2.09. The van der Waals surface area contributed by atoms with Crippen LogP contribution in [0.1, 0.15) is 61.9 Å². The van der Waals surface area contributed by atoms with Crippen LogP contribution < -0.4 is 0 Å². The molecule has 1 saturated carbocycles. The summed E-state index contributed by atoms with van der Waals surface area (Å²) in [5.41, 5.74) is 6.87. The molecule has 3 aromatic heterocycles. The van der Waals surface area contributed by atoms with Gasteiger partial charge < -0.3 is 4.74 Å². The van der Waals surface area contributed by atoms with Gasteiger partial charge in [-0.25, -0.2) is 5.10 Å². The largest absolute Gasteiger partial charge is 0.384 e. The predicted molar refractivity (Wildman–Crippen MR) is 113 cm³/mol. The van der Waals surface area contributed by atoms with Crippen molar-refractivity contribution in [1.29, 1.82) is 0 Å². The molecule has 0 bridgehead atoms. The molecule has 3 aromatic rings. The Morgan fingerprint density at radius 1 is 1.10 bits per heavy atom. The van der Waals surface area contributed by atoms with E-state index in [0.29, 0.717) is 12.4 Å². The molecular formula is C22H29N7O. The van der Waals surface area contributed by atoms with E-state index in [1.165, 1.54) is 48.9 Å². The van der Waals surface area contributed by atoms with Crippen LogP contribution in [-0.2, 0) is 30.0 Å². The molecule has 1 N–H and O–H groups in total. The van der Waals surface area contributed by atoms with Crippen LogP contribution in [0.4, 0.5) is 0 Å². The molecule has 30 heavy (non-hydrogen) atoms. The Labute approximate surface area is 176 Å². The van der Waals surface area contributed by atoms with Crippen LogP contribution in [0.25, 0.3) is 22.6 Å². The van der Waals surface area contributed by atoms with Gasteiger partial charge in [-0.15, -0.1) is 5.10 Å². The van der Waals surface area contributed by atoms with Crippen molar-refractivity contribution in [1.82, 2.24) is 35.4 Å². The lowest BCUT2D eigenvalue weighted by atomic mass is 9.78. The minimum Gasteiger partial charge on any atom is -0.384 e. The Bertz CT molecular complexity index is 1020. The zero-order valence-corrected chi connectivity index (χ0v) is 17.8. The molecule has 5 rings (SSSR count). The van der Waals surface area contributed by atoms with Gasteiger partial charge in [0.15, 0.2) is 5.82 Å². The lowest BCUT2D eigenvalue weighted by Crippen LogP contribution is -2.31. The van der Waals surface area contributed by atoms with Gasteiger partial charge in [0.05, 0.1) is 23.6 Å². The third-order valence-electron chi connectivity index (χ3n) is 6.87. The Balaban J connectivity index is 1.87. The van der Waals surface area contributed by atoms with Crippen LogP contribution in [0, 0.1) is 0 Å². The van der Waals surface area contributed by atoms with E-state index in [9.17, 15) is 0 Å². The van der Waals surface area contributed by atoms with E-state index in [-0.39, 0.29) is 5.41 Å². The first-order valence-corrected chi connectivity index (χ1v) is 11.0. The van der Waals surface area contributed by atoms with E-state index in [2.05, 4.69) is 31.8 Å². The summed E-state index contributed by atoms with van der Waals surface area (Å²) >= 11 is 0. The fraction of sp³-hybridized carbons (Fsp3) is 0.591. The van der Waals surface area contributed by atoms with Crippen molar-refractivity contribution in [3.63, 3.8) is 0 Å². The normalized spacial score (nSPS) is 18.3. The molecule has 0 radical (unpaired) electrons. The van der Waals surface area contributed by atoms with Crippen molar-refractivity contribution >= 4 is 0 Å². The number of methoxy groups -OCH3 is 1. The summed E-state index contributed by atoms with van der Waals surface area (Å²) in [6.45, 7) is 0.665. The van der Waals surface area contributed by atoms with E-state index in [1.807, 2.05) is 17.9 Å². The number of aryl methyl sites for hydroxylation is 2. The molecule has 0 spiro atoms. The zero-order valence-electron chi connectivity index (χ0n) is 17.8. The van der Waals surface area contributed by atoms with Gasteiger partial charge in [0, 0.05) is 37.0 Å². The molecular weight excluding hydrogens is 378 g/mol. The number of H-pyrrole nitrogens is 1. The fourth-order valence-electron chi connectivity index (χ4n) is 5.48. The van der Waals surface area contributed by atoms with Gasteiger partial charge in [0.2, 0.25) is 0 Å². The highest BCUT2D eigenvalue weighted by atomic mass is 16.5. The number of hydrogen-bond donors (Lipinski definition) is 1. The number of ether oxygens (including phenoxy) is 1. The topological polar surface area (TPSA) is 94.4 Å². The van der Waals surface area contributed by atoms with Crippen LogP contribution in [0.15, 0.2) is 12.3 Å². The van der Waals surface area contributed by atoms with Crippen molar-refractivity contribution in [2.45, 2.75) is 63.2 Å². The minimum atomic E-state index is -0.106. The Morgan fingerprint density at radius 3 is 2.63 bits per heavy atom. The molecule has 0 aromatic carbocycles. The maximum atomic E-state index is 5.76. The van der Waals surface area contributed by atoms with Gasteiger partial charge in [-0.2, -0.15) is 5.10 Å². The van der Waals surface area contributed by atoms with Gasteiger partial charge in [0.1, 0.15) is 0 Å². The van der Waals surface area contributed by atoms with Crippen molar-refractivity contribution in [2.24, 2.45) is 7.05 Å². The van der Waals surface area contributed by atoms with Gasteiger partial charge in [-0.05, 0) is 60.6 Å². The zero-order chi connectivity index (χ0) is 20.6. The van der Waals surface area contributed by atoms with Crippen LogP contribution in [0.5, 0.6) is 0 Å². The quantitative estimate of drug-likeness (QED) is 0.652. The molecule has 0 atom stereocenters. The summed E-state index contributed by atoms with van der Waals surface area (Å²) in [5, 5.41) is 19.7. The molecule has 2 aliphatic carbocycles. The Kier molecular flexibility index (Phi) is 5.10. The van der Waals surface area contributed by atoms with E-state index in [0.717, 1.165) is 42.6 Å². The number of pyridine rings is 1. The first kappa shape index (κ1) is 19.4. The van der Waals surface area contributed by atoms with Crippen LogP contribution >= 0.6 is 0 Å². The van der Waals surface area contributed by atoms with Crippen molar-refractivity contribution in [2.75, 3.05) is 13.7 Å². The van der Waals surface area contributed by atoms with E-state index in [1.54, 1.807) is 7.11 Å². The molecule has 2 aliphatic rings. The summed E-state index contributed by atoms with van der Waals surface area (Å²) in [6.07, 6.45) is 12.0. The number of nitrogens with zero attached hydrogens (tertiary/aromatic N) is 6. The molecule has 0 saturated heterocycles. The summed E-state index contributed by atoms with van der Waals surface area (Å²) in [4.78, 5) is 5.38. The second-order valence-corrected chi connectivity index (χ2v) is 8.71. The average Bonchev–Trinajstić information content (AvgIpc) is 3.48. The highest BCUT2D eigenvalue weighted by Gasteiger charge is 2.42. The van der Waals surface area contributed by atoms with Crippen LogP contribution in [0.3, 0.4) is 0 Å². The number of aromatic nitrogens is 7. The summed E-state index contributed by atoms with van der Waals surface area (Å²) in [7, 11) is 3.79. The molecule has 0 amide bonds. The number of rotatable bonds is 5. The van der Waals surface area contributed by atoms with Crippen molar-refractivity contribution in [3.8, 4) is 22.6 Å². The lowest BCUT2D eigenvalue weighted by Gasteiger charge is -2.32. The highest BCUT2D eigenvalue weighted by molar-refractivity contribution is 5.84. The third kappa shape index (κ3) is 3.14. The molecule has 0 unspecified atom stereocenters. The molecule has 3 heterocycles. The second-order valence-electron chi connectivity index (χ2n) is 8.71. The standard InChI is InChI=1S/C22H29N7O/c1-29-17(10-13-23-29)18-15-8-4-3-5-9-16(15)24-20(19(18)21-25-27-28-26-21)22(14-30-2)11-6-7-12-22/h10,13H,3-9,11-12,14H2,1-2H3,(H,25,26,27,28). The first-order valence-electron chi connectivity index (χ1n) is 11.0. The number of hydrogen-bond acceptors (Lipinski definition) is 6. The van der Waals surface area contributed by atoms with Gasteiger partial charge in [-0.1, -0.05) is 19.3 Å². The van der Waals surface area contributed by atoms with Gasteiger partial charge in [0.25, 0.3) is 0 Å². The van der Waals surface area contributed by atoms with Crippen LogP contribution in [-0.4, -0.2) is 49.1 Å². The minimum absolute atomic E-state index is 0.106. The van der Waals surface area contributed by atoms with Crippen LogP contribution in [0.2, 0.25) is 0 Å². The molecule has 8 nitrogen and oxygen atoms in total. The van der Waals surface area contributed by atoms with Gasteiger partial charge >= 0.3 is 0 Å². The third-order valence-corrected chi connectivity index (χ3v) is 6.87. The Morgan fingerprint density at radius 2 is 1.93 bits per heavy atom. The monoisotopic (exact) mass is 407 g/mol. The Hall–Kier alpha value is -2.61. The highest BCUT2D eigenvalue weighted by Crippen LogP contribution is 2.48. The smallest absolute Gasteiger partial charge is 0.181 e. The van der Waals surface area contributed by atoms with E-state index < -0.39 is 0 Å². The number of tetrazole rings is 1. The molecule has 0 aliphatic heterocycles. The number of nitrogens with one attached hydrogen (secondary N) is 1. The second kappa shape index (κ2) is 7.91. The van der Waals surface area contributed by atoms with E-state index >= 15 is 0 Å². The average molecular weight is 408 g/mol. The molecule has 158 valence electrons. The van der Waals surface area contributed by atoms with Crippen molar-refractivity contribution < 1.29 is 4.74 Å². The molecule has 8 heteroatoms. The SMILES string of the molecule is COCC1(c2nc3c(c(-c4ccnn4C)c2-c2nnn[nH]2)CCCCC3)CCCC1. The predicted octanol–water partition coefficient (Wildman–Crippen LogP) is 3.39. The van der Waals surface area contributed by atoms with Gasteiger partial charge in [-0.3, -0.25) is 9.67 Å². The molecule has 1 fully saturated rings. The summed E-state index contributed by atoms with van der Waals surface area (Å²) in [5.74, 6) is 0.683. The number of fused-ring (bicyclic) bond motifs is 1.